The molecule has 2 heterocycles. The Morgan fingerprint density at radius 3 is 2.79 bits per heavy atom. The molecule has 0 aliphatic heterocycles. The molecule has 0 atom stereocenters. The summed E-state index contributed by atoms with van der Waals surface area (Å²) in [7, 11) is 0. The van der Waals surface area contributed by atoms with E-state index in [9.17, 15) is 4.39 Å². The van der Waals surface area contributed by atoms with E-state index >= 15 is 0 Å². The van der Waals surface area contributed by atoms with E-state index in [0.29, 0.717) is 17.2 Å². The Morgan fingerprint density at radius 2 is 2.05 bits per heavy atom. The van der Waals surface area contributed by atoms with Crippen LogP contribution in [0.1, 0.15) is 0 Å². The van der Waals surface area contributed by atoms with Gasteiger partial charge in [0, 0.05) is 15.8 Å². The molecule has 0 unspecified atom stereocenters. The molecule has 0 N–H and O–H groups in total. The third-order valence-corrected chi connectivity index (χ3v) is 3.01. The van der Waals surface area contributed by atoms with Crippen LogP contribution in [0.3, 0.4) is 0 Å². The van der Waals surface area contributed by atoms with E-state index in [1.807, 2.05) is 34.7 Å². The van der Waals surface area contributed by atoms with E-state index in [4.69, 9.17) is 0 Å². The Bertz CT molecular complexity index is 693. The van der Waals surface area contributed by atoms with E-state index in [1.165, 1.54) is 16.9 Å². The van der Waals surface area contributed by atoms with Crippen LogP contribution in [-0.2, 0) is 0 Å². The number of benzene rings is 1. The van der Waals surface area contributed by atoms with Crippen LogP contribution in [0.2, 0.25) is 0 Å². The number of hydrogen-bond acceptors (Lipinski definition) is 4. The quantitative estimate of drug-likeness (QED) is 0.653. The molecule has 5 nitrogen and oxygen atoms in total. The number of tetrazole rings is 1. The maximum Gasteiger partial charge on any atom is 0.223 e. The molecule has 0 amide bonds. The van der Waals surface area contributed by atoms with Gasteiger partial charge in [0.15, 0.2) is 0 Å². The number of hydrogen-bond donors (Lipinski definition) is 0. The first-order valence-corrected chi connectivity index (χ1v) is 6.48. The second kappa shape index (κ2) is 5.00. The maximum atomic E-state index is 13.3. The van der Waals surface area contributed by atoms with Gasteiger partial charge in [-0.15, -0.1) is 15.0 Å². The fourth-order valence-corrected chi connectivity index (χ4v) is 2.19. The zero-order chi connectivity index (χ0) is 13.2. The molecule has 94 valence electrons. The van der Waals surface area contributed by atoms with Crippen LogP contribution in [0.15, 0.2) is 42.6 Å². The van der Waals surface area contributed by atoms with Gasteiger partial charge in [0.1, 0.15) is 11.5 Å². The molecule has 3 aromatic rings. The molecule has 2 aromatic heterocycles. The third-order valence-electron chi connectivity index (χ3n) is 2.39. The van der Waals surface area contributed by atoms with E-state index in [1.54, 1.807) is 18.3 Å². The Hall–Kier alpha value is -1.90. The molecule has 3 rings (SSSR count). The Kier molecular flexibility index (Phi) is 3.20. The molecule has 1 aromatic carbocycles. The molecule has 0 aliphatic rings. The van der Waals surface area contributed by atoms with Crippen molar-refractivity contribution in [3.05, 3.63) is 52.0 Å². The largest absolute Gasteiger partial charge is 0.253 e. The first-order chi connectivity index (χ1) is 9.22. The molecule has 0 fully saturated rings. The average molecular weight is 367 g/mol. The van der Waals surface area contributed by atoms with Crippen molar-refractivity contribution in [3.63, 3.8) is 0 Å². The van der Waals surface area contributed by atoms with Crippen molar-refractivity contribution in [2.75, 3.05) is 0 Å². The van der Waals surface area contributed by atoms with Gasteiger partial charge >= 0.3 is 0 Å². The summed E-state index contributed by atoms with van der Waals surface area (Å²) < 4.78 is 14.1. The molecule has 0 aliphatic carbocycles. The van der Waals surface area contributed by atoms with Gasteiger partial charge in [-0.1, -0.05) is 6.07 Å². The molecule has 0 saturated carbocycles. The number of pyridine rings is 1. The van der Waals surface area contributed by atoms with Crippen molar-refractivity contribution in [2.45, 2.75) is 0 Å². The normalized spacial score (nSPS) is 10.6. The van der Waals surface area contributed by atoms with Gasteiger partial charge in [0.25, 0.3) is 0 Å². The van der Waals surface area contributed by atoms with E-state index in [0.717, 1.165) is 3.57 Å². The van der Waals surface area contributed by atoms with Crippen molar-refractivity contribution in [2.24, 2.45) is 0 Å². The van der Waals surface area contributed by atoms with E-state index in [2.05, 4.69) is 20.4 Å². The molecule has 7 heteroatoms. The summed E-state index contributed by atoms with van der Waals surface area (Å²) >= 11 is 2.03. The Labute approximate surface area is 121 Å². The Balaban J connectivity index is 2.02. The minimum Gasteiger partial charge on any atom is -0.253 e. The third kappa shape index (κ3) is 2.60. The smallest absolute Gasteiger partial charge is 0.223 e. The lowest BCUT2D eigenvalue weighted by Crippen LogP contribution is -2.00. The van der Waals surface area contributed by atoms with Crippen LogP contribution in [-0.4, -0.2) is 25.2 Å². The van der Waals surface area contributed by atoms with Crippen LogP contribution in [0.25, 0.3) is 17.2 Å². The fourth-order valence-electron chi connectivity index (χ4n) is 1.58. The van der Waals surface area contributed by atoms with Gasteiger partial charge < -0.3 is 0 Å². The molecule has 0 saturated heterocycles. The van der Waals surface area contributed by atoms with E-state index in [-0.39, 0.29) is 5.82 Å². The lowest BCUT2D eigenvalue weighted by Gasteiger charge is -1.99. The minimum absolute atomic E-state index is 0.335. The number of aromatic nitrogens is 5. The number of rotatable bonds is 2. The summed E-state index contributed by atoms with van der Waals surface area (Å²) in [6.07, 6.45) is 1.65. The van der Waals surface area contributed by atoms with Crippen molar-refractivity contribution in [1.82, 2.24) is 25.2 Å². The summed E-state index contributed by atoms with van der Waals surface area (Å²) in [5.41, 5.74) is 1.15. The highest BCUT2D eigenvalue weighted by atomic mass is 127. The first-order valence-electron chi connectivity index (χ1n) is 5.40. The molecule has 0 spiro atoms. The molecular formula is C12H7FIN5. The van der Waals surface area contributed by atoms with Gasteiger partial charge in [-0.3, -0.25) is 4.98 Å². The van der Waals surface area contributed by atoms with Crippen LogP contribution in [0.4, 0.5) is 4.39 Å². The van der Waals surface area contributed by atoms with Gasteiger partial charge in [-0.25, -0.2) is 4.39 Å². The first kappa shape index (κ1) is 12.2. The lowest BCUT2D eigenvalue weighted by atomic mass is 10.3. The van der Waals surface area contributed by atoms with Gasteiger partial charge in [0.05, 0.1) is 5.69 Å². The SMILES string of the molecule is Fc1cc(I)cc(-n2nnc(-c3ccccn3)n2)c1. The summed E-state index contributed by atoms with van der Waals surface area (Å²) in [6, 6.07) is 9.99. The molecule has 0 radical (unpaired) electrons. The van der Waals surface area contributed by atoms with Crippen molar-refractivity contribution < 1.29 is 4.39 Å². The minimum atomic E-state index is -0.335. The van der Waals surface area contributed by atoms with Crippen LogP contribution in [0.5, 0.6) is 0 Å². The fraction of sp³-hybridized carbons (Fsp3) is 0. The zero-order valence-electron chi connectivity index (χ0n) is 9.53. The van der Waals surface area contributed by atoms with Gasteiger partial charge in [0.2, 0.25) is 5.82 Å². The highest BCUT2D eigenvalue weighted by Gasteiger charge is 2.09. The highest BCUT2D eigenvalue weighted by molar-refractivity contribution is 14.1. The van der Waals surface area contributed by atoms with Crippen LogP contribution < -0.4 is 0 Å². The van der Waals surface area contributed by atoms with Gasteiger partial charge in [-0.05, 0) is 52.1 Å². The van der Waals surface area contributed by atoms with Crippen LogP contribution in [0, 0.1) is 9.39 Å². The number of nitrogens with zero attached hydrogens (tertiary/aromatic N) is 5. The maximum absolute atomic E-state index is 13.3. The highest BCUT2D eigenvalue weighted by Crippen LogP contribution is 2.15. The summed E-state index contributed by atoms with van der Waals surface area (Å²) in [5.74, 6) is 0.0680. The second-order valence-electron chi connectivity index (χ2n) is 3.75. The summed E-state index contributed by atoms with van der Waals surface area (Å²) in [5, 5.41) is 12.0. The summed E-state index contributed by atoms with van der Waals surface area (Å²) in [4.78, 5) is 5.42. The second-order valence-corrected chi connectivity index (χ2v) is 4.99. The van der Waals surface area contributed by atoms with Crippen molar-refractivity contribution in [3.8, 4) is 17.2 Å². The number of halogens is 2. The average Bonchev–Trinajstić information content (AvgIpc) is 2.88. The molecule has 19 heavy (non-hydrogen) atoms. The zero-order valence-corrected chi connectivity index (χ0v) is 11.7. The predicted molar refractivity (Wildman–Crippen MR) is 75.1 cm³/mol. The van der Waals surface area contributed by atoms with Crippen molar-refractivity contribution in [1.29, 1.82) is 0 Å². The predicted octanol–water partition coefficient (Wildman–Crippen LogP) is 2.47. The van der Waals surface area contributed by atoms with Crippen LogP contribution >= 0.6 is 22.6 Å². The summed E-state index contributed by atoms with van der Waals surface area (Å²) in [6.45, 7) is 0. The van der Waals surface area contributed by atoms with Gasteiger partial charge in [-0.2, -0.15) is 0 Å². The molecular weight excluding hydrogens is 360 g/mol. The molecule has 0 bridgehead atoms. The van der Waals surface area contributed by atoms with E-state index < -0.39 is 0 Å². The standard InChI is InChI=1S/C12H7FIN5/c13-8-5-9(14)7-10(6-8)19-17-12(16-18-19)11-3-1-2-4-15-11/h1-7H. The Morgan fingerprint density at radius 1 is 1.16 bits per heavy atom. The lowest BCUT2D eigenvalue weighted by molar-refractivity contribution is 0.620. The topological polar surface area (TPSA) is 56.5 Å². The monoisotopic (exact) mass is 367 g/mol. The van der Waals surface area contributed by atoms with Crippen molar-refractivity contribution >= 4 is 22.6 Å².